The summed E-state index contributed by atoms with van der Waals surface area (Å²) >= 11 is 1.10. The number of amides is 1. The summed E-state index contributed by atoms with van der Waals surface area (Å²) in [5.74, 6) is -0.0743. The van der Waals surface area contributed by atoms with Crippen LogP contribution < -0.4 is 14.8 Å². The van der Waals surface area contributed by atoms with Gasteiger partial charge in [-0.15, -0.1) is 11.3 Å². The number of pyridine rings is 1. The lowest BCUT2D eigenvalue weighted by atomic mass is 10.1. The molecule has 1 amide bonds. The number of ether oxygens (including phenoxy) is 2. The number of nitrogens with one attached hydrogen (secondary N) is 1. The van der Waals surface area contributed by atoms with E-state index < -0.39 is 17.5 Å². The lowest BCUT2D eigenvalue weighted by molar-refractivity contribution is -0.118. The van der Waals surface area contributed by atoms with E-state index in [4.69, 9.17) is 9.47 Å². The van der Waals surface area contributed by atoms with Crippen LogP contribution in [0.3, 0.4) is 0 Å². The lowest BCUT2D eigenvalue weighted by Gasteiger charge is -2.08. The maximum atomic E-state index is 13.9. The molecule has 2 aromatic carbocycles. The standard InChI is InChI=1S/C22H15F2N3O3S/c23-14-4-9-18(24)17(11-14)19-13-31-22(26-19)27-20(28)12-29-15-5-7-16(8-6-15)30-21-3-1-2-10-25-21/h1-11,13H,12H2,(H,26,27,28). The molecule has 0 atom stereocenters. The van der Waals surface area contributed by atoms with Gasteiger partial charge in [-0.2, -0.15) is 0 Å². The monoisotopic (exact) mass is 439 g/mol. The first-order valence-electron chi connectivity index (χ1n) is 9.09. The molecular formula is C22H15F2N3O3S. The minimum atomic E-state index is -0.594. The molecule has 2 aromatic heterocycles. The van der Waals surface area contributed by atoms with Gasteiger partial charge in [0.15, 0.2) is 11.7 Å². The summed E-state index contributed by atoms with van der Waals surface area (Å²) in [4.78, 5) is 20.3. The number of hydrogen-bond donors (Lipinski definition) is 1. The first-order chi connectivity index (χ1) is 15.1. The van der Waals surface area contributed by atoms with Crippen LogP contribution in [0, 0.1) is 11.6 Å². The van der Waals surface area contributed by atoms with Crippen molar-refractivity contribution in [3.05, 3.63) is 83.9 Å². The third-order valence-corrected chi connectivity index (χ3v) is 4.77. The molecule has 4 aromatic rings. The Labute approximate surface area is 180 Å². The van der Waals surface area contributed by atoms with Crippen LogP contribution in [0.25, 0.3) is 11.3 Å². The summed E-state index contributed by atoms with van der Waals surface area (Å²) in [6.45, 7) is -0.246. The van der Waals surface area contributed by atoms with Crippen molar-refractivity contribution in [1.82, 2.24) is 9.97 Å². The average Bonchev–Trinajstić information content (AvgIpc) is 3.24. The zero-order chi connectivity index (χ0) is 21.6. The van der Waals surface area contributed by atoms with Crippen LogP contribution >= 0.6 is 11.3 Å². The second-order valence-electron chi connectivity index (χ2n) is 6.24. The summed E-state index contributed by atoms with van der Waals surface area (Å²) in [5.41, 5.74) is 0.266. The van der Waals surface area contributed by atoms with Gasteiger partial charge in [0.05, 0.1) is 5.69 Å². The predicted molar refractivity (Wildman–Crippen MR) is 112 cm³/mol. The van der Waals surface area contributed by atoms with Crippen LogP contribution in [0.4, 0.5) is 13.9 Å². The molecule has 0 aliphatic carbocycles. The molecule has 4 rings (SSSR count). The number of benzene rings is 2. The fraction of sp³-hybridized carbons (Fsp3) is 0.0455. The predicted octanol–water partition coefficient (Wildman–Crippen LogP) is 5.29. The lowest BCUT2D eigenvalue weighted by Crippen LogP contribution is -2.20. The molecule has 0 bridgehead atoms. The molecular weight excluding hydrogens is 424 g/mol. The minimum Gasteiger partial charge on any atom is -0.484 e. The van der Waals surface area contributed by atoms with E-state index in [2.05, 4.69) is 15.3 Å². The third kappa shape index (κ3) is 5.40. The molecule has 6 nitrogen and oxygen atoms in total. The Balaban J connectivity index is 1.30. The van der Waals surface area contributed by atoms with Gasteiger partial charge in [-0.05, 0) is 48.5 Å². The highest BCUT2D eigenvalue weighted by atomic mass is 32.1. The van der Waals surface area contributed by atoms with Crippen molar-refractivity contribution < 1.29 is 23.0 Å². The molecule has 0 aliphatic rings. The minimum absolute atomic E-state index is 0.0287. The highest BCUT2D eigenvalue weighted by Crippen LogP contribution is 2.28. The molecule has 0 saturated carbocycles. The van der Waals surface area contributed by atoms with Gasteiger partial charge in [0.1, 0.15) is 23.1 Å². The number of halogens is 2. The summed E-state index contributed by atoms with van der Waals surface area (Å²) in [7, 11) is 0. The number of carbonyl (C=O) groups is 1. The fourth-order valence-corrected chi connectivity index (χ4v) is 3.31. The van der Waals surface area contributed by atoms with E-state index >= 15 is 0 Å². The number of anilines is 1. The molecule has 2 heterocycles. The largest absolute Gasteiger partial charge is 0.484 e. The maximum absolute atomic E-state index is 13.9. The van der Waals surface area contributed by atoms with Crippen molar-refractivity contribution in [3.63, 3.8) is 0 Å². The molecule has 0 saturated heterocycles. The molecule has 1 N–H and O–H groups in total. The molecule has 0 fully saturated rings. The SMILES string of the molecule is O=C(COc1ccc(Oc2ccccn2)cc1)Nc1nc(-c2cc(F)ccc2F)cs1. The molecule has 156 valence electrons. The van der Waals surface area contributed by atoms with E-state index in [0.717, 1.165) is 29.5 Å². The van der Waals surface area contributed by atoms with E-state index in [0.29, 0.717) is 17.4 Å². The van der Waals surface area contributed by atoms with Crippen LogP contribution in [0.5, 0.6) is 17.4 Å². The van der Waals surface area contributed by atoms with Crippen molar-refractivity contribution in [2.45, 2.75) is 0 Å². The van der Waals surface area contributed by atoms with Gasteiger partial charge in [0.2, 0.25) is 5.88 Å². The zero-order valence-corrected chi connectivity index (χ0v) is 16.7. The topological polar surface area (TPSA) is 73.3 Å². The fourth-order valence-electron chi connectivity index (χ4n) is 2.58. The Bertz CT molecular complexity index is 1180. The van der Waals surface area contributed by atoms with Crippen molar-refractivity contribution in [2.75, 3.05) is 11.9 Å². The summed E-state index contributed by atoms with van der Waals surface area (Å²) in [5, 5.41) is 4.37. The average molecular weight is 439 g/mol. The van der Waals surface area contributed by atoms with E-state index in [1.54, 1.807) is 42.6 Å². The van der Waals surface area contributed by atoms with Gasteiger partial charge in [-0.3, -0.25) is 10.1 Å². The summed E-state index contributed by atoms with van der Waals surface area (Å²) in [6.07, 6.45) is 1.63. The Morgan fingerprint density at radius 1 is 1.03 bits per heavy atom. The zero-order valence-electron chi connectivity index (χ0n) is 15.9. The molecule has 0 aliphatic heterocycles. The number of nitrogens with zero attached hydrogens (tertiary/aromatic N) is 2. The van der Waals surface area contributed by atoms with Gasteiger partial charge in [-0.25, -0.2) is 18.7 Å². The van der Waals surface area contributed by atoms with E-state index in [1.807, 2.05) is 6.07 Å². The van der Waals surface area contributed by atoms with Crippen molar-refractivity contribution in [1.29, 1.82) is 0 Å². The first-order valence-corrected chi connectivity index (χ1v) is 9.97. The van der Waals surface area contributed by atoms with Crippen LogP contribution in [0.15, 0.2) is 72.2 Å². The van der Waals surface area contributed by atoms with Gasteiger partial charge >= 0.3 is 0 Å². The first kappa shape index (κ1) is 20.4. The Morgan fingerprint density at radius 3 is 2.61 bits per heavy atom. The second kappa shape index (κ2) is 9.31. The molecule has 0 spiro atoms. The Hall–Kier alpha value is -3.85. The van der Waals surface area contributed by atoms with Crippen molar-refractivity contribution >= 4 is 22.4 Å². The van der Waals surface area contributed by atoms with Crippen LogP contribution in [-0.2, 0) is 4.79 Å². The van der Waals surface area contributed by atoms with Crippen molar-refractivity contribution in [2.24, 2.45) is 0 Å². The quantitative estimate of drug-likeness (QED) is 0.423. The molecule has 0 unspecified atom stereocenters. The van der Waals surface area contributed by atoms with Gasteiger partial charge < -0.3 is 9.47 Å². The molecule has 31 heavy (non-hydrogen) atoms. The molecule has 0 radical (unpaired) electrons. The van der Waals surface area contributed by atoms with Crippen LogP contribution in [0.1, 0.15) is 0 Å². The Kier molecular flexibility index (Phi) is 6.13. The van der Waals surface area contributed by atoms with E-state index in [9.17, 15) is 13.6 Å². The number of thiazole rings is 1. The Morgan fingerprint density at radius 2 is 1.84 bits per heavy atom. The van der Waals surface area contributed by atoms with E-state index in [-0.39, 0.29) is 23.0 Å². The van der Waals surface area contributed by atoms with Gasteiger partial charge in [0, 0.05) is 23.2 Å². The van der Waals surface area contributed by atoms with Gasteiger partial charge in [-0.1, -0.05) is 6.07 Å². The number of hydrogen-bond acceptors (Lipinski definition) is 6. The van der Waals surface area contributed by atoms with Crippen molar-refractivity contribution in [3.8, 4) is 28.6 Å². The molecule has 9 heteroatoms. The highest BCUT2D eigenvalue weighted by molar-refractivity contribution is 7.14. The summed E-state index contributed by atoms with van der Waals surface area (Å²) < 4.78 is 38.3. The number of aromatic nitrogens is 2. The van der Waals surface area contributed by atoms with Gasteiger partial charge in [0.25, 0.3) is 5.91 Å². The smallest absolute Gasteiger partial charge is 0.264 e. The van der Waals surface area contributed by atoms with E-state index in [1.165, 1.54) is 5.38 Å². The number of carbonyl (C=O) groups excluding carboxylic acids is 1. The number of rotatable bonds is 7. The summed E-state index contributed by atoms with van der Waals surface area (Å²) in [6, 6.07) is 15.2. The third-order valence-electron chi connectivity index (χ3n) is 4.01. The highest BCUT2D eigenvalue weighted by Gasteiger charge is 2.13. The normalized spacial score (nSPS) is 10.5. The maximum Gasteiger partial charge on any atom is 0.264 e. The van der Waals surface area contributed by atoms with Crippen LogP contribution in [-0.4, -0.2) is 22.5 Å². The van der Waals surface area contributed by atoms with Crippen LogP contribution in [0.2, 0.25) is 0 Å². The second-order valence-corrected chi connectivity index (χ2v) is 7.10.